The Bertz CT molecular complexity index is 542. The van der Waals surface area contributed by atoms with Gasteiger partial charge in [0.05, 0.1) is 6.54 Å². The van der Waals surface area contributed by atoms with E-state index in [9.17, 15) is 14.4 Å². The lowest BCUT2D eigenvalue weighted by Gasteiger charge is -2.16. The molecule has 0 radical (unpaired) electrons. The SMILES string of the molecule is CCOCC(=O)OCC(=O)N(C)CC(=O)Nc1ccc(C)cc1. The summed E-state index contributed by atoms with van der Waals surface area (Å²) in [5, 5.41) is 2.69. The smallest absolute Gasteiger partial charge is 0.332 e. The molecule has 126 valence electrons. The molecule has 7 nitrogen and oxygen atoms in total. The molecule has 1 N–H and O–H groups in total. The highest BCUT2D eigenvalue weighted by Crippen LogP contribution is 2.08. The van der Waals surface area contributed by atoms with Crippen LogP contribution in [0.3, 0.4) is 0 Å². The molecule has 0 spiro atoms. The van der Waals surface area contributed by atoms with E-state index in [1.54, 1.807) is 19.1 Å². The summed E-state index contributed by atoms with van der Waals surface area (Å²) in [5.41, 5.74) is 1.74. The fraction of sp³-hybridized carbons (Fsp3) is 0.438. The molecule has 0 fully saturated rings. The Morgan fingerprint density at radius 1 is 1.13 bits per heavy atom. The van der Waals surface area contributed by atoms with Gasteiger partial charge in [-0.2, -0.15) is 0 Å². The summed E-state index contributed by atoms with van der Waals surface area (Å²) in [6.45, 7) is 3.35. The number of benzene rings is 1. The molecule has 0 aromatic heterocycles. The number of likely N-dealkylation sites (N-methyl/N-ethyl adjacent to an activating group) is 1. The summed E-state index contributed by atoms with van der Waals surface area (Å²) in [4.78, 5) is 36.1. The molecule has 23 heavy (non-hydrogen) atoms. The van der Waals surface area contributed by atoms with Crippen molar-refractivity contribution in [1.82, 2.24) is 4.90 Å². The van der Waals surface area contributed by atoms with Crippen molar-refractivity contribution in [2.45, 2.75) is 13.8 Å². The minimum atomic E-state index is -0.613. The molecule has 0 aliphatic heterocycles. The minimum absolute atomic E-state index is 0.129. The molecule has 0 aliphatic carbocycles. The summed E-state index contributed by atoms with van der Waals surface area (Å²) >= 11 is 0. The summed E-state index contributed by atoms with van der Waals surface area (Å²) in [6, 6.07) is 7.32. The highest BCUT2D eigenvalue weighted by atomic mass is 16.6. The highest BCUT2D eigenvalue weighted by molar-refractivity contribution is 5.94. The molecule has 0 bridgehead atoms. The van der Waals surface area contributed by atoms with E-state index in [1.165, 1.54) is 11.9 Å². The van der Waals surface area contributed by atoms with Crippen molar-refractivity contribution >= 4 is 23.5 Å². The lowest BCUT2D eigenvalue weighted by Crippen LogP contribution is -2.37. The molecule has 2 amide bonds. The van der Waals surface area contributed by atoms with Crippen LogP contribution in [0.1, 0.15) is 12.5 Å². The van der Waals surface area contributed by atoms with Crippen molar-refractivity contribution in [3.63, 3.8) is 0 Å². The molecule has 0 unspecified atom stereocenters. The van der Waals surface area contributed by atoms with Crippen molar-refractivity contribution in [2.75, 3.05) is 38.7 Å². The third-order valence-corrected chi connectivity index (χ3v) is 2.92. The van der Waals surface area contributed by atoms with Crippen LogP contribution in [0.4, 0.5) is 5.69 Å². The molecular weight excluding hydrogens is 300 g/mol. The number of nitrogens with one attached hydrogen (secondary N) is 1. The van der Waals surface area contributed by atoms with Crippen molar-refractivity contribution in [3.05, 3.63) is 29.8 Å². The first-order valence-corrected chi connectivity index (χ1v) is 7.26. The van der Waals surface area contributed by atoms with Crippen LogP contribution in [0, 0.1) is 6.92 Å². The topological polar surface area (TPSA) is 84.9 Å². The van der Waals surface area contributed by atoms with Gasteiger partial charge in [0.1, 0.15) is 6.61 Å². The summed E-state index contributed by atoms with van der Waals surface area (Å²) in [7, 11) is 1.47. The predicted molar refractivity (Wildman–Crippen MR) is 84.9 cm³/mol. The van der Waals surface area contributed by atoms with Crippen LogP contribution in [0.2, 0.25) is 0 Å². The van der Waals surface area contributed by atoms with E-state index >= 15 is 0 Å². The van der Waals surface area contributed by atoms with Gasteiger partial charge in [0.15, 0.2) is 6.61 Å². The number of nitrogens with zero attached hydrogens (tertiary/aromatic N) is 1. The third-order valence-electron chi connectivity index (χ3n) is 2.92. The van der Waals surface area contributed by atoms with E-state index in [2.05, 4.69) is 5.32 Å². The van der Waals surface area contributed by atoms with Gasteiger partial charge >= 0.3 is 5.97 Å². The number of carbonyl (C=O) groups is 3. The zero-order valence-corrected chi connectivity index (χ0v) is 13.6. The summed E-state index contributed by atoms with van der Waals surface area (Å²) in [5.74, 6) is -1.41. The Balaban J connectivity index is 2.34. The van der Waals surface area contributed by atoms with Gasteiger partial charge in [0, 0.05) is 19.3 Å². The number of anilines is 1. The second-order valence-electron chi connectivity index (χ2n) is 4.96. The molecule has 0 saturated heterocycles. The van der Waals surface area contributed by atoms with Gasteiger partial charge in [-0.1, -0.05) is 17.7 Å². The number of ether oxygens (including phenoxy) is 2. The van der Waals surface area contributed by atoms with Crippen LogP contribution >= 0.6 is 0 Å². The fourth-order valence-electron chi connectivity index (χ4n) is 1.62. The van der Waals surface area contributed by atoms with Crippen molar-refractivity contribution in [2.24, 2.45) is 0 Å². The van der Waals surface area contributed by atoms with Crippen LogP contribution in [-0.4, -0.2) is 56.1 Å². The Morgan fingerprint density at radius 2 is 1.78 bits per heavy atom. The minimum Gasteiger partial charge on any atom is -0.454 e. The van der Waals surface area contributed by atoms with E-state index < -0.39 is 18.5 Å². The summed E-state index contributed by atoms with van der Waals surface area (Å²) < 4.78 is 9.62. The highest BCUT2D eigenvalue weighted by Gasteiger charge is 2.15. The molecule has 7 heteroatoms. The van der Waals surface area contributed by atoms with E-state index in [1.807, 2.05) is 19.1 Å². The number of aryl methyl sites for hydroxylation is 1. The largest absolute Gasteiger partial charge is 0.454 e. The molecule has 1 aromatic rings. The van der Waals surface area contributed by atoms with Crippen LogP contribution in [0.5, 0.6) is 0 Å². The number of hydrogen-bond acceptors (Lipinski definition) is 5. The second kappa shape index (κ2) is 9.58. The van der Waals surface area contributed by atoms with Gasteiger partial charge in [-0.15, -0.1) is 0 Å². The second-order valence-corrected chi connectivity index (χ2v) is 4.96. The number of amides is 2. The molecule has 0 aliphatic rings. The fourth-order valence-corrected chi connectivity index (χ4v) is 1.62. The Hall–Kier alpha value is -2.41. The standard InChI is InChI=1S/C16H22N2O5/c1-4-22-11-16(21)23-10-15(20)18(3)9-14(19)17-13-7-5-12(2)6-8-13/h5-8H,4,9-11H2,1-3H3,(H,17,19). The van der Waals surface area contributed by atoms with Crippen LogP contribution < -0.4 is 5.32 Å². The monoisotopic (exact) mass is 322 g/mol. The Morgan fingerprint density at radius 3 is 2.39 bits per heavy atom. The predicted octanol–water partition coefficient (Wildman–Crippen LogP) is 0.972. The molecule has 0 atom stereocenters. The molecule has 1 aromatic carbocycles. The van der Waals surface area contributed by atoms with Crippen molar-refractivity contribution in [1.29, 1.82) is 0 Å². The maximum Gasteiger partial charge on any atom is 0.332 e. The van der Waals surface area contributed by atoms with E-state index in [0.29, 0.717) is 12.3 Å². The maximum absolute atomic E-state index is 11.9. The lowest BCUT2D eigenvalue weighted by atomic mass is 10.2. The maximum atomic E-state index is 11.9. The van der Waals surface area contributed by atoms with Crippen LogP contribution in [0.15, 0.2) is 24.3 Å². The van der Waals surface area contributed by atoms with Gasteiger partial charge in [-0.25, -0.2) is 4.79 Å². The Labute approximate surface area is 135 Å². The Kier molecular flexibility index (Phi) is 7.76. The number of hydrogen-bond donors (Lipinski definition) is 1. The lowest BCUT2D eigenvalue weighted by molar-refractivity contribution is -0.155. The molecule has 1 rings (SSSR count). The first kappa shape index (κ1) is 18.6. The first-order valence-electron chi connectivity index (χ1n) is 7.26. The van der Waals surface area contributed by atoms with Gasteiger partial charge in [0.25, 0.3) is 5.91 Å². The normalized spacial score (nSPS) is 10.0. The zero-order valence-electron chi connectivity index (χ0n) is 13.6. The van der Waals surface area contributed by atoms with Gasteiger partial charge in [-0.3, -0.25) is 9.59 Å². The first-order chi connectivity index (χ1) is 10.9. The molecule has 0 saturated carbocycles. The molecule has 0 heterocycles. The van der Waals surface area contributed by atoms with Crippen molar-refractivity contribution < 1.29 is 23.9 Å². The van der Waals surface area contributed by atoms with Crippen LogP contribution in [-0.2, 0) is 23.9 Å². The average molecular weight is 322 g/mol. The van der Waals surface area contributed by atoms with E-state index in [-0.39, 0.29) is 19.1 Å². The van der Waals surface area contributed by atoms with E-state index in [0.717, 1.165) is 5.56 Å². The van der Waals surface area contributed by atoms with Crippen molar-refractivity contribution in [3.8, 4) is 0 Å². The quantitative estimate of drug-likeness (QED) is 0.721. The number of carbonyl (C=O) groups excluding carboxylic acids is 3. The van der Waals surface area contributed by atoms with Gasteiger partial charge < -0.3 is 19.7 Å². The summed E-state index contributed by atoms with van der Waals surface area (Å²) in [6.07, 6.45) is 0. The number of esters is 1. The van der Waals surface area contributed by atoms with Gasteiger partial charge in [0.2, 0.25) is 5.91 Å². The molecular formula is C16H22N2O5. The van der Waals surface area contributed by atoms with Gasteiger partial charge in [-0.05, 0) is 26.0 Å². The van der Waals surface area contributed by atoms with E-state index in [4.69, 9.17) is 9.47 Å². The van der Waals surface area contributed by atoms with Crippen LogP contribution in [0.25, 0.3) is 0 Å². The average Bonchev–Trinajstić information content (AvgIpc) is 2.52. The number of rotatable bonds is 8. The third kappa shape index (κ3) is 7.42. The zero-order chi connectivity index (χ0) is 17.2.